The van der Waals surface area contributed by atoms with Crippen molar-refractivity contribution >= 4 is 6.03 Å². The lowest BCUT2D eigenvalue weighted by Gasteiger charge is -2.26. The molecule has 0 saturated carbocycles. The van der Waals surface area contributed by atoms with Crippen molar-refractivity contribution in [3.05, 3.63) is 0 Å². The molecule has 0 bridgehead atoms. The van der Waals surface area contributed by atoms with Crippen molar-refractivity contribution in [1.82, 2.24) is 10.2 Å². The normalized spacial score (nSPS) is 16.2. The number of hydrogen-bond acceptors (Lipinski definition) is 2. The second-order valence-corrected chi connectivity index (χ2v) is 4.42. The predicted octanol–water partition coefficient (Wildman–Crippen LogP) is 1.73. The van der Waals surface area contributed by atoms with Crippen molar-refractivity contribution in [3.63, 3.8) is 0 Å². The lowest BCUT2D eigenvalue weighted by molar-refractivity contribution is 0.186. The monoisotopic (exact) mass is 228 g/mol. The van der Waals surface area contributed by atoms with Gasteiger partial charge in [-0.2, -0.15) is 0 Å². The molecular weight excluding hydrogens is 204 g/mol. The molecule has 1 aliphatic rings. The summed E-state index contributed by atoms with van der Waals surface area (Å²) in [4.78, 5) is 13.6. The van der Waals surface area contributed by atoms with Crippen LogP contribution in [0.4, 0.5) is 4.79 Å². The first-order chi connectivity index (χ1) is 7.84. The van der Waals surface area contributed by atoms with E-state index in [1.165, 1.54) is 6.42 Å². The van der Waals surface area contributed by atoms with E-state index in [0.29, 0.717) is 0 Å². The lowest BCUT2D eigenvalue weighted by Crippen LogP contribution is -2.43. The molecule has 0 spiro atoms. The highest BCUT2D eigenvalue weighted by atomic mass is 16.2. The minimum Gasteiger partial charge on any atom is -0.396 e. The van der Waals surface area contributed by atoms with Gasteiger partial charge in [0, 0.05) is 26.2 Å². The summed E-state index contributed by atoms with van der Waals surface area (Å²) in [6.45, 7) is 2.87. The van der Waals surface area contributed by atoms with Gasteiger partial charge in [-0.25, -0.2) is 4.79 Å². The molecule has 0 aromatic heterocycles. The quantitative estimate of drug-likeness (QED) is 0.680. The maximum Gasteiger partial charge on any atom is 0.317 e. The lowest BCUT2D eigenvalue weighted by atomic mass is 10.1. The van der Waals surface area contributed by atoms with Crippen LogP contribution in [0.2, 0.25) is 0 Å². The molecular formula is C12H24N2O2. The molecule has 0 unspecified atom stereocenters. The number of carbonyl (C=O) groups excluding carboxylic acids is 1. The second-order valence-electron chi connectivity index (χ2n) is 4.42. The number of carbonyl (C=O) groups is 1. The maximum absolute atomic E-state index is 11.7. The van der Waals surface area contributed by atoms with E-state index in [1.54, 1.807) is 0 Å². The van der Waals surface area contributed by atoms with Crippen LogP contribution in [0, 0.1) is 0 Å². The van der Waals surface area contributed by atoms with Gasteiger partial charge in [-0.15, -0.1) is 0 Å². The molecule has 2 amide bonds. The average Bonchev–Trinajstić information content (AvgIpc) is 2.34. The third kappa shape index (κ3) is 5.35. The molecule has 2 N–H and O–H groups in total. The Morgan fingerprint density at radius 2 is 1.75 bits per heavy atom. The number of piperidine rings is 1. The van der Waals surface area contributed by atoms with E-state index in [-0.39, 0.29) is 12.6 Å². The Bertz CT molecular complexity index is 191. The molecule has 94 valence electrons. The summed E-state index contributed by atoms with van der Waals surface area (Å²) in [5, 5.41) is 11.6. The number of unbranched alkanes of at least 4 members (excludes halogenated alkanes) is 3. The van der Waals surface area contributed by atoms with E-state index < -0.39 is 0 Å². The molecule has 4 heteroatoms. The van der Waals surface area contributed by atoms with Crippen molar-refractivity contribution in [2.24, 2.45) is 0 Å². The molecule has 0 aromatic carbocycles. The minimum absolute atomic E-state index is 0.0989. The van der Waals surface area contributed by atoms with Crippen LogP contribution < -0.4 is 5.32 Å². The number of nitrogens with one attached hydrogen (secondary N) is 1. The van der Waals surface area contributed by atoms with Crippen LogP contribution in [-0.2, 0) is 0 Å². The van der Waals surface area contributed by atoms with Gasteiger partial charge in [0.2, 0.25) is 0 Å². The molecule has 1 heterocycles. The van der Waals surface area contributed by atoms with Gasteiger partial charge in [-0.1, -0.05) is 12.8 Å². The Hall–Kier alpha value is -0.770. The summed E-state index contributed by atoms with van der Waals surface area (Å²) >= 11 is 0. The van der Waals surface area contributed by atoms with Gasteiger partial charge in [0.25, 0.3) is 0 Å². The zero-order valence-electron chi connectivity index (χ0n) is 10.1. The Labute approximate surface area is 98.0 Å². The summed E-state index contributed by atoms with van der Waals surface area (Å²) in [6, 6.07) is 0.0989. The molecule has 1 saturated heterocycles. The highest BCUT2D eigenvalue weighted by molar-refractivity contribution is 5.74. The standard InChI is InChI=1S/C12H24N2O2/c15-11-7-2-1-4-8-13-12(16)14-9-5-3-6-10-14/h15H,1-11H2,(H,13,16). The summed E-state index contributed by atoms with van der Waals surface area (Å²) < 4.78 is 0. The minimum atomic E-state index is 0.0989. The summed E-state index contributed by atoms with van der Waals surface area (Å²) in [6.07, 6.45) is 7.56. The number of amides is 2. The first kappa shape index (κ1) is 13.3. The molecule has 16 heavy (non-hydrogen) atoms. The van der Waals surface area contributed by atoms with E-state index in [2.05, 4.69) is 5.32 Å². The van der Waals surface area contributed by atoms with Gasteiger partial charge in [-0.05, 0) is 32.1 Å². The van der Waals surface area contributed by atoms with Crippen molar-refractivity contribution in [2.75, 3.05) is 26.2 Å². The zero-order chi connectivity index (χ0) is 11.6. The number of aliphatic hydroxyl groups is 1. The fraction of sp³-hybridized carbons (Fsp3) is 0.917. The molecule has 1 rings (SSSR count). The smallest absolute Gasteiger partial charge is 0.317 e. The summed E-state index contributed by atoms with van der Waals surface area (Å²) in [7, 11) is 0. The fourth-order valence-corrected chi connectivity index (χ4v) is 1.99. The fourth-order valence-electron chi connectivity index (χ4n) is 1.99. The number of urea groups is 1. The van der Waals surface area contributed by atoms with Gasteiger partial charge in [0.05, 0.1) is 0 Å². The average molecular weight is 228 g/mol. The highest BCUT2D eigenvalue weighted by Gasteiger charge is 2.15. The van der Waals surface area contributed by atoms with Gasteiger partial charge >= 0.3 is 6.03 Å². The predicted molar refractivity (Wildman–Crippen MR) is 64.4 cm³/mol. The van der Waals surface area contributed by atoms with E-state index in [4.69, 9.17) is 5.11 Å². The van der Waals surface area contributed by atoms with Crippen LogP contribution >= 0.6 is 0 Å². The van der Waals surface area contributed by atoms with Crippen LogP contribution in [-0.4, -0.2) is 42.3 Å². The van der Waals surface area contributed by atoms with Crippen molar-refractivity contribution in [3.8, 4) is 0 Å². The largest absolute Gasteiger partial charge is 0.396 e. The Morgan fingerprint density at radius 3 is 2.44 bits per heavy atom. The second kappa shape index (κ2) is 8.39. The first-order valence-electron chi connectivity index (χ1n) is 6.48. The Kier molecular flexibility index (Phi) is 6.97. The van der Waals surface area contributed by atoms with Gasteiger partial charge in [0.15, 0.2) is 0 Å². The molecule has 4 nitrogen and oxygen atoms in total. The first-order valence-corrected chi connectivity index (χ1v) is 6.48. The molecule has 0 aliphatic carbocycles. The third-order valence-corrected chi connectivity index (χ3v) is 3.00. The van der Waals surface area contributed by atoms with Crippen LogP contribution in [0.15, 0.2) is 0 Å². The maximum atomic E-state index is 11.7. The van der Waals surface area contributed by atoms with Crippen molar-refractivity contribution in [2.45, 2.75) is 44.9 Å². The highest BCUT2D eigenvalue weighted by Crippen LogP contribution is 2.08. The van der Waals surface area contributed by atoms with Gasteiger partial charge in [-0.3, -0.25) is 0 Å². The van der Waals surface area contributed by atoms with Crippen LogP contribution in [0.5, 0.6) is 0 Å². The number of likely N-dealkylation sites (tertiary alicyclic amines) is 1. The zero-order valence-corrected chi connectivity index (χ0v) is 10.1. The Balaban J connectivity index is 1.97. The van der Waals surface area contributed by atoms with Crippen LogP contribution in [0.25, 0.3) is 0 Å². The van der Waals surface area contributed by atoms with Crippen LogP contribution in [0.1, 0.15) is 44.9 Å². The number of nitrogens with zero attached hydrogens (tertiary/aromatic N) is 1. The van der Waals surface area contributed by atoms with Gasteiger partial charge < -0.3 is 15.3 Å². The number of rotatable bonds is 6. The van der Waals surface area contributed by atoms with Gasteiger partial charge in [0.1, 0.15) is 0 Å². The SMILES string of the molecule is O=C(NCCCCCCO)N1CCCCC1. The molecule has 1 aliphatic heterocycles. The number of hydrogen-bond donors (Lipinski definition) is 2. The third-order valence-electron chi connectivity index (χ3n) is 3.00. The molecule has 0 atom stereocenters. The molecule has 0 radical (unpaired) electrons. The van der Waals surface area contributed by atoms with Crippen LogP contribution in [0.3, 0.4) is 0 Å². The van der Waals surface area contributed by atoms with Crippen molar-refractivity contribution < 1.29 is 9.90 Å². The topological polar surface area (TPSA) is 52.6 Å². The van der Waals surface area contributed by atoms with E-state index in [1.807, 2.05) is 4.90 Å². The van der Waals surface area contributed by atoms with E-state index in [0.717, 1.165) is 58.2 Å². The summed E-state index contributed by atoms with van der Waals surface area (Å²) in [5.41, 5.74) is 0. The summed E-state index contributed by atoms with van der Waals surface area (Å²) in [5.74, 6) is 0. The van der Waals surface area contributed by atoms with Crippen molar-refractivity contribution in [1.29, 1.82) is 0 Å². The van der Waals surface area contributed by atoms with E-state index in [9.17, 15) is 4.79 Å². The van der Waals surface area contributed by atoms with E-state index >= 15 is 0 Å². The molecule has 1 fully saturated rings. The number of aliphatic hydroxyl groups excluding tert-OH is 1. The Morgan fingerprint density at radius 1 is 1.06 bits per heavy atom. The molecule has 0 aromatic rings.